The van der Waals surface area contributed by atoms with Gasteiger partial charge >= 0.3 is 7.98 Å². The lowest BCUT2D eigenvalue weighted by atomic mass is 10.5. The fraction of sp³-hybridized carbons (Fsp3) is 1.00. The zero-order valence-electron chi connectivity index (χ0n) is 8.45. The van der Waals surface area contributed by atoms with E-state index in [1.165, 1.54) is 0 Å². The van der Waals surface area contributed by atoms with Crippen LogP contribution in [0.3, 0.4) is 0 Å². The summed E-state index contributed by atoms with van der Waals surface area (Å²) in [5, 5.41) is 0. The molecule has 0 bridgehead atoms. The number of hydrogen-bond donors (Lipinski definition) is 0. The van der Waals surface area contributed by atoms with Crippen molar-refractivity contribution in [2.45, 2.75) is 39.3 Å². The van der Waals surface area contributed by atoms with Gasteiger partial charge in [0.1, 0.15) is 0 Å². The summed E-state index contributed by atoms with van der Waals surface area (Å²) in [4.78, 5) is 0. The summed E-state index contributed by atoms with van der Waals surface area (Å²) in [6.45, 7) is 14.4. The SMILES string of the molecule is B[N+]([Si](C)(C)C)[Si](C)(C)C. The normalized spacial score (nSPS) is 14.3. The Balaban J connectivity index is 4.23. The molecule has 1 radical (unpaired) electrons. The minimum absolute atomic E-state index is 1.00. The van der Waals surface area contributed by atoms with Gasteiger partial charge in [0.2, 0.25) is 0 Å². The van der Waals surface area contributed by atoms with E-state index in [1.807, 2.05) is 0 Å². The summed E-state index contributed by atoms with van der Waals surface area (Å²) in [6.07, 6.45) is 0. The first kappa shape index (κ1) is 10.5. The standard InChI is InChI=1S/C6H20BNSi2/c1-9(2,3)8(7)10(4,5)6/h7H2,1-6H3/q+1. The molecule has 0 atom stereocenters. The van der Waals surface area contributed by atoms with Crippen LogP contribution in [0.1, 0.15) is 0 Å². The van der Waals surface area contributed by atoms with Gasteiger partial charge in [-0.3, -0.25) is 0 Å². The van der Waals surface area contributed by atoms with Crippen molar-refractivity contribution in [1.82, 2.24) is 4.14 Å². The van der Waals surface area contributed by atoms with E-state index in [0.29, 0.717) is 0 Å². The van der Waals surface area contributed by atoms with Crippen molar-refractivity contribution in [3.63, 3.8) is 0 Å². The zero-order valence-corrected chi connectivity index (χ0v) is 10.4. The Morgan fingerprint density at radius 3 is 1.00 bits per heavy atom. The van der Waals surface area contributed by atoms with Crippen LogP contribution >= 0.6 is 0 Å². The van der Waals surface area contributed by atoms with E-state index >= 15 is 0 Å². The fourth-order valence-corrected chi connectivity index (χ4v) is 9.06. The molecular formula is C6H20BNSi2+. The molecular weight excluding hydrogens is 153 g/mol. The molecule has 59 valence electrons. The molecule has 0 aliphatic carbocycles. The van der Waals surface area contributed by atoms with E-state index in [4.69, 9.17) is 0 Å². The molecule has 0 aromatic carbocycles. The molecule has 1 nitrogen and oxygen atoms in total. The zero-order chi connectivity index (χ0) is 8.58. The Morgan fingerprint density at radius 1 is 0.800 bits per heavy atom. The summed E-state index contributed by atoms with van der Waals surface area (Å²) in [6, 6.07) is 0. The molecule has 0 aliphatic rings. The van der Waals surface area contributed by atoms with Crippen molar-refractivity contribution in [3.8, 4) is 0 Å². The molecule has 0 amide bonds. The van der Waals surface area contributed by atoms with E-state index in [9.17, 15) is 0 Å². The molecule has 0 aromatic rings. The van der Waals surface area contributed by atoms with Gasteiger partial charge in [0.05, 0.1) is 0 Å². The van der Waals surface area contributed by atoms with Gasteiger partial charge in [-0.15, -0.1) is 0 Å². The Labute approximate surface area is 68.4 Å². The van der Waals surface area contributed by atoms with E-state index in [1.54, 1.807) is 0 Å². The van der Waals surface area contributed by atoms with Crippen molar-refractivity contribution >= 4 is 24.5 Å². The summed E-state index contributed by atoms with van der Waals surface area (Å²) in [5.41, 5.74) is 0. The Bertz CT molecular complexity index is 99.9. The van der Waals surface area contributed by atoms with E-state index in [2.05, 4.69) is 51.4 Å². The van der Waals surface area contributed by atoms with Crippen LogP contribution in [-0.4, -0.2) is 24.5 Å². The van der Waals surface area contributed by atoms with Gasteiger partial charge in [-0.25, -0.2) is 0 Å². The third-order valence-corrected chi connectivity index (χ3v) is 10.1. The summed E-state index contributed by atoms with van der Waals surface area (Å²) in [5.74, 6) is 0. The summed E-state index contributed by atoms with van der Waals surface area (Å²) >= 11 is 0. The van der Waals surface area contributed by atoms with Gasteiger partial charge in [-0.2, -0.15) is 0 Å². The largest absolute Gasteiger partial charge is 0.408 e. The molecule has 10 heavy (non-hydrogen) atoms. The molecule has 0 saturated carbocycles. The Hall–Kier alpha value is 0.459. The quantitative estimate of drug-likeness (QED) is 0.556. The van der Waals surface area contributed by atoms with Crippen LogP contribution in [0.15, 0.2) is 0 Å². The highest BCUT2D eigenvalue weighted by molar-refractivity contribution is 6.96. The molecule has 4 heteroatoms. The van der Waals surface area contributed by atoms with E-state index in [0.717, 1.165) is 0 Å². The summed E-state index contributed by atoms with van der Waals surface area (Å²) < 4.78 is 2.65. The Kier molecular flexibility index (Phi) is 2.96. The van der Waals surface area contributed by atoms with Crippen LogP contribution in [-0.2, 0) is 0 Å². The van der Waals surface area contributed by atoms with Crippen molar-refractivity contribution in [2.24, 2.45) is 0 Å². The van der Waals surface area contributed by atoms with Gasteiger partial charge < -0.3 is 4.14 Å². The second-order valence-corrected chi connectivity index (χ2v) is 15.4. The maximum absolute atomic E-state index is 2.65. The van der Waals surface area contributed by atoms with Crippen LogP contribution in [0, 0.1) is 0 Å². The number of nitrogens with zero attached hydrogens (tertiary/aromatic N) is 1. The highest BCUT2D eigenvalue weighted by Gasteiger charge is 2.40. The van der Waals surface area contributed by atoms with Gasteiger partial charge in [0.25, 0.3) is 16.5 Å². The van der Waals surface area contributed by atoms with Crippen LogP contribution in [0.5, 0.6) is 0 Å². The van der Waals surface area contributed by atoms with Gasteiger partial charge in [-0.1, -0.05) is 0 Å². The first-order valence-corrected chi connectivity index (χ1v) is 10.8. The maximum atomic E-state index is 2.65. The molecule has 0 fully saturated rings. The predicted octanol–water partition coefficient (Wildman–Crippen LogP) is 1.34. The fourth-order valence-electron chi connectivity index (χ4n) is 1.01. The average Bonchev–Trinajstić information content (AvgIpc) is 1.59. The molecule has 0 aromatic heterocycles. The second kappa shape index (κ2) is 2.83. The van der Waals surface area contributed by atoms with Crippen molar-refractivity contribution in [3.05, 3.63) is 0 Å². The monoisotopic (exact) mass is 173 g/mol. The van der Waals surface area contributed by atoms with Crippen molar-refractivity contribution < 1.29 is 0 Å². The highest BCUT2D eigenvalue weighted by atomic mass is 28.4. The minimum Gasteiger partial charge on any atom is -0.408 e. The first-order chi connectivity index (χ1) is 4.15. The van der Waals surface area contributed by atoms with Crippen LogP contribution in [0.25, 0.3) is 0 Å². The highest BCUT2D eigenvalue weighted by Crippen LogP contribution is 2.12. The number of rotatable bonds is 2. The minimum atomic E-state index is -1.00. The van der Waals surface area contributed by atoms with Crippen LogP contribution in [0.2, 0.25) is 39.3 Å². The van der Waals surface area contributed by atoms with Crippen molar-refractivity contribution in [1.29, 1.82) is 0 Å². The summed E-state index contributed by atoms with van der Waals surface area (Å²) in [7, 11) is 0.288. The van der Waals surface area contributed by atoms with Gasteiger partial charge in [0.15, 0.2) is 0 Å². The van der Waals surface area contributed by atoms with Crippen LogP contribution < -0.4 is 4.14 Å². The third-order valence-electron chi connectivity index (χ3n) is 2.01. The van der Waals surface area contributed by atoms with Crippen molar-refractivity contribution in [2.75, 3.05) is 0 Å². The topological polar surface area (TPSA) is 5.90 Å². The lowest BCUT2D eigenvalue weighted by molar-refractivity contribution is 1.16. The molecule has 0 unspecified atom stereocenters. The molecule has 0 spiro atoms. The molecule has 0 rings (SSSR count). The molecule has 0 saturated heterocycles. The second-order valence-electron chi connectivity index (χ2n) is 4.90. The smallest absolute Gasteiger partial charge is 0.379 e. The maximum Gasteiger partial charge on any atom is 0.379 e. The van der Waals surface area contributed by atoms with E-state index < -0.39 is 16.5 Å². The van der Waals surface area contributed by atoms with E-state index in [-0.39, 0.29) is 0 Å². The molecule has 0 heterocycles. The predicted molar refractivity (Wildman–Crippen MR) is 57.4 cm³/mol. The lowest BCUT2D eigenvalue weighted by Gasteiger charge is -2.32. The van der Waals surface area contributed by atoms with Gasteiger partial charge in [0, 0.05) is 0 Å². The van der Waals surface area contributed by atoms with Crippen LogP contribution in [0.4, 0.5) is 0 Å². The molecule has 0 N–H and O–H groups in total. The Morgan fingerprint density at radius 2 is 1.00 bits per heavy atom. The number of hydrogen-bond acceptors (Lipinski definition) is 1. The lowest BCUT2D eigenvalue weighted by Crippen LogP contribution is -2.62. The first-order valence-electron chi connectivity index (χ1n) is 3.89. The molecule has 0 aliphatic heterocycles. The average molecular weight is 173 g/mol. The van der Waals surface area contributed by atoms with Gasteiger partial charge in [-0.05, 0) is 39.3 Å². The third kappa shape index (κ3) is 3.03.